The molecule has 7 heteroatoms. The van der Waals surface area contributed by atoms with E-state index in [9.17, 15) is 9.00 Å². The molecule has 2 rings (SSSR count). The summed E-state index contributed by atoms with van der Waals surface area (Å²) in [4.78, 5) is 18.8. The van der Waals surface area contributed by atoms with E-state index in [0.717, 1.165) is 82.8 Å². The Bertz CT molecular complexity index is 512. The minimum atomic E-state index is -0.705. The molecular weight excluding hydrogens is 360 g/mol. The Kier molecular flexibility index (Phi) is 10.2. The van der Waals surface area contributed by atoms with Crippen molar-refractivity contribution in [1.82, 2.24) is 15.5 Å². The molecule has 0 aromatic heterocycles. The van der Waals surface area contributed by atoms with E-state index in [-0.39, 0.29) is 0 Å². The highest BCUT2D eigenvalue weighted by Gasteiger charge is 2.26. The SMILES string of the molecule is CCNC(=NCCCN1CCCCCC1=O)NC1CCCC(S(=O)CC)C1. The molecule has 1 amide bonds. The van der Waals surface area contributed by atoms with Gasteiger partial charge in [0, 0.05) is 60.4 Å². The summed E-state index contributed by atoms with van der Waals surface area (Å²) in [5, 5.41) is 7.19. The van der Waals surface area contributed by atoms with Gasteiger partial charge < -0.3 is 15.5 Å². The summed E-state index contributed by atoms with van der Waals surface area (Å²) in [6, 6.07) is 0.351. The van der Waals surface area contributed by atoms with Crippen molar-refractivity contribution in [2.24, 2.45) is 4.99 Å². The van der Waals surface area contributed by atoms with Crippen LogP contribution in [0.25, 0.3) is 0 Å². The summed E-state index contributed by atoms with van der Waals surface area (Å²) in [6.07, 6.45) is 9.22. The Morgan fingerprint density at radius 2 is 2.07 bits per heavy atom. The van der Waals surface area contributed by atoms with E-state index < -0.39 is 10.8 Å². The van der Waals surface area contributed by atoms with Crippen LogP contribution in [0.4, 0.5) is 0 Å². The predicted molar refractivity (Wildman–Crippen MR) is 114 cm³/mol. The maximum atomic E-state index is 12.1. The molecule has 1 saturated heterocycles. The molecule has 2 N–H and O–H groups in total. The number of carbonyl (C=O) groups excluding carboxylic acids is 1. The van der Waals surface area contributed by atoms with Crippen molar-refractivity contribution in [1.29, 1.82) is 0 Å². The molecule has 3 atom stereocenters. The number of guanidine groups is 1. The van der Waals surface area contributed by atoms with Gasteiger partial charge in [-0.1, -0.05) is 19.8 Å². The second-order valence-corrected chi connectivity index (χ2v) is 9.61. The fraction of sp³-hybridized carbons (Fsp3) is 0.900. The molecule has 1 aliphatic carbocycles. The van der Waals surface area contributed by atoms with Crippen LogP contribution in [0, 0.1) is 0 Å². The Morgan fingerprint density at radius 3 is 2.85 bits per heavy atom. The van der Waals surface area contributed by atoms with Gasteiger partial charge in [0.25, 0.3) is 0 Å². The molecule has 156 valence electrons. The highest BCUT2D eigenvalue weighted by Crippen LogP contribution is 2.23. The summed E-state index contributed by atoms with van der Waals surface area (Å²) < 4.78 is 12.1. The quantitative estimate of drug-likeness (QED) is 0.374. The predicted octanol–water partition coefficient (Wildman–Crippen LogP) is 2.41. The largest absolute Gasteiger partial charge is 0.357 e. The van der Waals surface area contributed by atoms with Crippen LogP contribution in [0.2, 0.25) is 0 Å². The van der Waals surface area contributed by atoms with Gasteiger partial charge in [-0.2, -0.15) is 0 Å². The fourth-order valence-corrected chi connectivity index (χ4v) is 5.34. The first kappa shape index (κ1) is 22.2. The fourth-order valence-electron chi connectivity index (χ4n) is 3.99. The van der Waals surface area contributed by atoms with Gasteiger partial charge in [-0.15, -0.1) is 0 Å². The molecule has 1 aliphatic heterocycles. The van der Waals surface area contributed by atoms with Crippen molar-refractivity contribution in [2.45, 2.75) is 82.9 Å². The van der Waals surface area contributed by atoms with Crippen LogP contribution >= 0.6 is 0 Å². The van der Waals surface area contributed by atoms with Gasteiger partial charge in [-0.3, -0.25) is 14.0 Å². The number of aliphatic imine (C=N–C) groups is 1. The van der Waals surface area contributed by atoms with Gasteiger partial charge in [-0.05, 0) is 45.4 Å². The monoisotopic (exact) mass is 398 g/mol. The third-order valence-electron chi connectivity index (χ3n) is 5.49. The first-order chi connectivity index (χ1) is 13.1. The Balaban J connectivity index is 1.79. The van der Waals surface area contributed by atoms with Crippen LogP contribution in [0.3, 0.4) is 0 Å². The maximum absolute atomic E-state index is 12.1. The number of nitrogens with one attached hydrogen (secondary N) is 2. The smallest absolute Gasteiger partial charge is 0.222 e. The summed E-state index contributed by atoms with van der Waals surface area (Å²) in [6.45, 7) is 7.34. The van der Waals surface area contributed by atoms with Gasteiger partial charge in [0.1, 0.15) is 0 Å². The van der Waals surface area contributed by atoms with Gasteiger partial charge >= 0.3 is 0 Å². The zero-order valence-corrected chi connectivity index (χ0v) is 18.0. The Morgan fingerprint density at radius 1 is 1.22 bits per heavy atom. The van der Waals surface area contributed by atoms with E-state index in [1.807, 2.05) is 11.8 Å². The zero-order chi connectivity index (χ0) is 19.5. The van der Waals surface area contributed by atoms with Crippen LogP contribution in [0.15, 0.2) is 4.99 Å². The van der Waals surface area contributed by atoms with Gasteiger partial charge in [0.15, 0.2) is 5.96 Å². The third kappa shape index (κ3) is 7.80. The normalized spacial score (nSPS) is 25.8. The highest BCUT2D eigenvalue weighted by atomic mass is 32.2. The molecule has 0 aromatic carbocycles. The van der Waals surface area contributed by atoms with Crippen molar-refractivity contribution < 1.29 is 9.00 Å². The lowest BCUT2D eigenvalue weighted by molar-refractivity contribution is -0.130. The molecule has 1 saturated carbocycles. The number of nitrogens with zero attached hydrogens (tertiary/aromatic N) is 2. The van der Waals surface area contributed by atoms with Crippen molar-refractivity contribution in [3.05, 3.63) is 0 Å². The minimum absolute atomic E-state index is 0.304. The summed E-state index contributed by atoms with van der Waals surface area (Å²) >= 11 is 0. The number of hydrogen-bond donors (Lipinski definition) is 2. The van der Waals surface area contributed by atoms with Crippen molar-refractivity contribution in [3.63, 3.8) is 0 Å². The Labute approximate surface area is 167 Å². The summed E-state index contributed by atoms with van der Waals surface area (Å²) in [7, 11) is -0.705. The van der Waals surface area contributed by atoms with Crippen molar-refractivity contribution in [3.8, 4) is 0 Å². The van der Waals surface area contributed by atoms with Gasteiger partial charge in [0.05, 0.1) is 0 Å². The second-order valence-electron chi connectivity index (χ2n) is 7.60. The van der Waals surface area contributed by atoms with Crippen LogP contribution < -0.4 is 10.6 Å². The lowest BCUT2D eigenvalue weighted by Crippen LogP contribution is -2.46. The lowest BCUT2D eigenvalue weighted by atomic mass is 9.95. The molecule has 2 aliphatic rings. The number of carbonyl (C=O) groups is 1. The molecule has 6 nitrogen and oxygen atoms in total. The molecule has 1 heterocycles. The van der Waals surface area contributed by atoms with E-state index in [4.69, 9.17) is 4.99 Å². The second kappa shape index (κ2) is 12.4. The topological polar surface area (TPSA) is 73.8 Å². The number of amides is 1. The number of rotatable bonds is 8. The van der Waals surface area contributed by atoms with Crippen LogP contribution in [0.1, 0.15) is 71.6 Å². The zero-order valence-electron chi connectivity index (χ0n) is 17.2. The van der Waals surface area contributed by atoms with Crippen LogP contribution in [-0.4, -0.2) is 64.2 Å². The summed E-state index contributed by atoms with van der Waals surface area (Å²) in [5.74, 6) is 1.91. The van der Waals surface area contributed by atoms with Crippen molar-refractivity contribution >= 4 is 22.7 Å². The first-order valence-corrected chi connectivity index (χ1v) is 12.2. The molecule has 3 unspecified atom stereocenters. The standard InChI is InChI=1S/C20H38N4O2S/c1-3-21-20(23-17-10-8-11-18(16-17)27(26)4-2)22-13-9-15-24-14-7-5-6-12-19(24)25/h17-18H,3-16H2,1-2H3,(H2,21,22,23). The van der Waals surface area contributed by atoms with Crippen molar-refractivity contribution in [2.75, 3.05) is 31.9 Å². The Hall–Kier alpha value is -1.11. The molecule has 2 fully saturated rings. The van der Waals surface area contributed by atoms with E-state index in [0.29, 0.717) is 23.6 Å². The maximum Gasteiger partial charge on any atom is 0.222 e. The van der Waals surface area contributed by atoms with E-state index in [1.165, 1.54) is 6.42 Å². The first-order valence-electron chi connectivity index (χ1n) is 10.8. The minimum Gasteiger partial charge on any atom is -0.357 e. The van der Waals surface area contributed by atoms with Crippen LogP contribution in [0.5, 0.6) is 0 Å². The van der Waals surface area contributed by atoms with E-state index in [2.05, 4.69) is 17.6 Å². The molecule has 0 radical (unpaired) electrons. The number of hydrogen-bond acceptors (Lipinski definition) is 3. The average Bonchev–Trinajstić information content (AvgIpc) is 2.89. The van der Waals surface area contributed by atoms with E-state index in [1.54, 1.807) is 0 Å². The molecule has 27 heavy (non-hydrogen) atoms. The van der Waals surface area contributed by atoms with Gasteiger partial charge in [0.2, 0.25) is 5.91 Å². The number of likely N-dealkylation sites (tertiary alicyclic amines) is 1. The summed E-state index contributed by atoms with van der Waals surface area (Å²) in [5.41, 5.74) is 0. The highest BCUT2D eigenvalue weighted by molar-refractivity contribution is 7.85. The molecule has 0 bridgehead atoms. The molecular formula is C20H38N4O2S. The molecule has 0 spiro atoms. The van der Waals surface area contributed by atoms with Crippen LogP contribution in [-0.2, 0) is 15.6 Å². The average molecular weight is 399 g/mol. The third-order valence-corrected chi connectivity index (χ3v) is 7.24. The lowest BCUT2D eigenvalue weighted by Gasteiger charge is -2.30. The van der Waals surface area contributed by atoms with E-state index >= 15 is 0 Å². The van der Waals surface area contributed by atoms with Gasteiger partial charge in [-0.25, -0.2) is 0 Å². The molecule has 0 aromatic rings.